The van der Waals surface area contributed by atoms with Crippen molar-refractivity contribution in [1.82, 2.24) is 4.98 Å². The van der Waals surface area contributed by atoms with Gasteiger partial charge in [0.15, 0.2) is 6.10 Å². The lowest BCUT2D eigenvalue weighted by Gasteiger charge is -2.25. The molecule has 3 rings (SSSR count). The number of ether oxygens (including phenoxy) is 1. The Bertz CT molecular complexity index is 929. The predicted octanol–water partition coefficient (Wildman–Crippen LogP) is 4.29. The Balaban J connectivity index is 1.81. The largest absolute Gasteiger partial charge is 0.481 e. The molecule has 0 N–H and O–H groups in total. The van der Waals surface area contributed by atoms with E-state index in [2.05, 4.69) is 4.98 Å². The molecule has 0 unspecified atom stereocenters. The third-order valence-electron chi connectivity index (χ3n) is 4.46. The molecule has 0 saturated heterocycles. The first-order valence-corrected chi connectivity index (χ1v) is 9.35. The second-order valence-electron chi connectivity index (χ2n) is 6.89. The van der Waals surface area contributed by atoms with Crippen LogP contribution in [0.4, 0.5) is 15.9 Å². The lowest BCUT2D eigenvalue weighted by molar-refractivity contribution is -0.124. The molecule has 2 aromatic carbocycles. The lowest BCUT2D eigenvalue weighted by atomic mass is 10.1. The molecule has 1 aromatic heterocycles. The molecule has 1 heterocycles. The van der Waals surface area contributed by atoms with Gasteiger partial charge in [0.05, 0.1) is 6.54 Å². The van der Waals surface area contributed by atoms with Gasteiger partial charge in [0, 0.05) is 26.0 Å². The molecule has 1 amide bonds. The number of carbonyl (C=O) groups is 1. The first-order valence-electron chi connectivity index (χ1n) is 9.35. The minimum Gasteiger partial charge on any atom is -0.481 e. The first-order chi connectivity index (χ1) is 13.9. The second-order valence-corrected chi connectivity index (χ2v) is 6.89. The molecule has 0 aliphatic rings. The van der Waals surface area contributed by atoms with Gasteiger partial charge < -0.3 is 9.64 Å². The number of benzene rings is 2. The third kappa shape index (κ3) is 5.31. The number of rotatable bonds is 7. The van der Waals surface area contributed by atoms with Crippen molar-refractivity contribution in [3.8, 4) is 5.75 Å². The van der Waals surface area contributed by atoms with E-state index in [9.17, 15) is 9.18 Å². The van der Waals surface area contributed by atoms with Gasteiger partial charge in [0.2, 0.25) is 0 Å². The number of amides is 1. The maximum absolute atomic E-state index is 13.2. The summed E-state index contributed by atoms with van der Waals surface area (Å²) in [5.41, 5.74) is 2.06. The Morgan fingerprint density at radius 2 is 1.72 bits per heavy atom. The monoisotopic (exact) mass is 393 g/mol. The highest BCUT2D eigenvalue weighted by molar-refractivity contribution is 5.95. The van der Waals surface area contributed by atoms with Gasteiger partial charge in [0.25, 0.3) is 5.91 Å². The van der Waals surface area contributed by atoms with E-state index in [0.717, 1.165) is 11.3 Å². The van der Waals surface area contributed by atoms with Crippen LogP contribution in [-0.2, 0) is 11.3 Å². The summed E-state index contributed by atoms with van der Waals surface area (Å²) in [6.07, 6.45) is 0.888. The Morgan fingerprint density at radius 1 is 1.03 bits per heavy atom. The molecule has 5 nitrogen and oxygen atoms in total. The molecule has 0 aliphatic heterocycles. The number of nitrogens with zero attached hydrogens (tertiary/aromatic N) is 3. The van der Waals surface area contributed by atoms with Crippen molar-refractivity contribution in [3.63, 3.8) is 0 Å². The Kier molecular flexibility index (Phi) is 6.44. The molecule has 3 aromatic rings. The number of hydrogen-bond donors (Lipinski definition) is 0. The average molecular weight is 393 g/mol. The summed E-state index contributed by atoms with van der Waals surface area (Å²) >= 11 is 0. The molecule has 0 fully saturated rings. The maximum atomic E-state index is 13.2. The molecule has 150 valence electrons. The van der Waals surface area contributed by atoms with E-state index < -0.39 is 6.10 Å². The molecule has 0 saturated carbocycles. The Labute approximate surface area is 170 Å². The van der Waals surface area contributed by atoms with Crippen LogP contribution in [-0.4, -0.2) is 31.1 Å². The number of halogens is 1. The maximum Gasteiger partial charge on any atom is 0.269 e. The number of pyridine rings is 1. The fourth-order valence-electron chi connectivity index (χ4n) is 2.85. The van der Waals surface area contributed by atoms with Gasteiger partial charge in [0.1, 0.15) is 17.4 Å². The minimum atomic E-state index is -0.761. The van der Waals surface area contributed by atoms with Crippen molar-refractivity contribution in [2.75, 3.05) is 23.9 Å². The van der Waals surface area contributed by atoms with E-state index >= 15 is 0 Å². The van der Waals surface area contributed by atoms with Gasteiger partial charge in [-0.05, 0) is 61.0 Å². The quantitative estimate of drug-likeness (QED) is 0.601. The van der Waals surface area contributed by atoms with E-state index in [-0.39, 0.29) is 11.7 Å². The van der Waals surface area contributed by atoms with Crippen LogP contribution < -0.4 is 14.5 Å². The molecule has 29 heavy (non-hydrogen) atoms. The van der Waals surface area contributed by atoms with Crippen LogP contribution in [0.25, 0.3) is 0 Å². The zero-order chi connectivity index (χ0) is 20.8. The summed E-state index contributed by atoms with van der Waals surface area (Å²) in [6, 6.07) is 19.0. The van der Waals surface area contributed by atoms with Gasteiger partial charge >= 0.3 is 0 Å². The fraction of sp³-hybridized carbons (Fsp3) is 0.217. The van der Waals surface area contributed by atoms with Gasteiger partial charge in [-0.2, -0.15) is 0 Å². The molecule has 0 radical (unpaired) electrons. The Morgan fingerprint density at radius 3 is 2.31 bits per heavy atom. The van der Waals surface area contributed by atoms with E-state index in [1.165, 1.54) is 24.3 Å². The smallest absolute Gasteiger partial charge is 0.269 e. The average Bonchev–Trinajstić information content (AvgIpc) is 2.74. The molecule has 6 heteroatoms. The normalized spacial score (nSPS) is 11.6. The molecule has 1 atom stereocenters. The van der Waals surface area contributed by atoms with Crippen molar-refractivity contribution < 1.29 is 13.9 Å². The van der Waals surface area contributed by atoms with Crippen LogP contribution >= 0.6 is 0 Å². The fourth-order valence-corrected chi connectivity index (χ4v) is 2.85. The predicted molar refractivity (Wildman–Crippen MR) is 113 cm³/mol. The van der Waals surface area contributed by atoms with Crippen molar-refractivity contribution in [2.24, 2.45) is 0 Å². The summed E-state index contributed by atoms with van der Waals surface area (Å²) in [4.78, 5) is 21.1. The van der Waals surface area contributed by atoms with Gasteiger partial charge in [-0.25, -0.2) is 9.37 Å². The zero-order valence-corrected chi connectivity index (χ0v) is 16.7. The van der Waals surface area contributed by atoms with E-state index in [4.69, 9.17) is 4.74 Å². The van der Waals surface area contributed by atoms with E-state index in [0.29, 0.717) is 18.1 Å². The molecular weight excluding hydrogens is 369 g/mol. The van der Waals surface area contributed by atoms with Crippen molar-refractivity contribution in [1.29, 1.82) is 0 Å². The highest BCUT2D eigenvalue weighted by atomic mass is 19.1. The summed E-state index contributed by atoms with van der Waals surface area (Å²) in [5.74, 6) is 0.393. The number of hydrogen-bond acceptors (Lipinski definition) is 4. The zero-order valence-electron chi connectivity index (χ0n) is 16.7. The number of aromatic nitrogens is 1. The summed E-state index contributed by atoms with van der Waals surface area (Å²) in [6.45, 7) is 2.04. The highest BCUT2D eigenvalue weighted by Gasteiger charge is 2.24. The number of anilines is 2. The van der Waals surface area contributed by atoms with Crippen molar-refractivity contribution >= 4 is 17.4 Å². The minimum absolute atomic E-state index is 0.232. The standard InChI is InChI=1S/C23H24FN3O2/c1-17(29-21-13-9-19(24)10-14-21)23(28)27(22-6-4-5-15-25-22)16-18-7-11-20(12-8-18)26(2)3/h4-15,17H,16H2,1-3H3/t17-/m0/s1. The molecule has 0 spiro atoms. The van der Waals surface area contributed by atoms with Crippen LogP contribution in [0.2, 0.25) is 0 Å². The second kappa shape index (κ2) is 9.19. The first kappa shape index (κ1) is 20.3. The van der Waals surface area contributed by atoms with Gasteiger partial charge in [-0.1, -0.05) is 18.2 Å². The third-order valence-corrected chi connectivity index (χ3v) is 4.46. The van der Waals surface area contributed by atoms with Crippen molar-refractivity contribution in [2.45, 2.75) is 19.6 Å². The summed E-state index contributed by atoms with van der Waals surface area (Å²) in [7, 11) is 3.96. The van der Waals surface area contributed by atoms with Gasteiger partial charge in [-0.3, -0.25) is 9.69 Å². The van der Waals surface area contributed by atoms with Crippen LogP contribution in [0.1, 0.15) is 12.5 Å². The summed E-state index contributed by atoms with van der Waals surface area (Å²) in [5, 5.41) is 0. The highest BCUT2D eigenvalue weighted by Crippen LogP contribution is 2.20. The molecular formula is C23H24FN3O2. The molecule has 0 bridgehead atoms. The lowest BCUT2D eigenvalue weighted by Crippen LogP contribution is -2.40. The van der Waals surface area contributed by atoms with E-state index in [1.807, 2.05) is 49.3 Å². The Hall–Kier alpha value is -3.41. The van der Waals surface area contributed by atoms with E-state index in [1.54, 1.807) is 30.2 Å². The topological polar surface area (TPSA) is 45.7 Å². The molecule has 0 aliphatic carbocycles. The number of carbonyl (C=O) groups excluding carboxylic acids is 1. The van der Waals surface area contributed by atoms with Crippen molar-refractivity contribution in [3.05, 3.63) is 84.3 Å². The SMILES string of the molecule is C[C@H](Oc1ccc(F)cc1)C(=O)N(Cc1ccc(N(C)C)cc1)c1ccccn1. The van der Waals surface area contributed by atoms with Crippen LogP contribution in [0.3, 0.4) is 0 Å². The van der Waals surface area contributed by atoms with Crippen LogP contribution in [0.15, 0.2) is 72.9 Å². The van der Waals surface area contributed by atoms with Crippen LogP contribution in [0, 0.1) is 5.82 Å². The van der Waals surface area contributed by atoms with Gasteiger partial charge in [-0.15, -0.1) is 0 Å². The summed E-state index contributed by atoms with van der Waals surface area (Å²) < 4.78 is 18.8. The van der Waals surface area contributed by atoms with Crippen LogP contribution in [0.5, 0.6) is 5.75 Å².